The van der Waals surface area contributed by atoms with Crippen molar-refractivity contribution in [2.75, 3.05) is 19.7 Å². The molecule has 6 nitrogen and oxygen atoms in total. The molecule has 0 radical (unpaired) electrons. The van der Waals surface area contributed by atoms with Gasteiger partial charge in [0.2, 0.25) is 0 Å². The number of thiazole rings is 1. The maximum absolute atomic E-state index is 12.0. The molecule has 1 saturated heterocycles. The molecular formula is C10H12N2O4S. The summed E-state index contributed by atoms with van der Waals surface area (Å²) in [6.07, 6.45) is -0.938. The van der Waals surface area contributed by atoms with E-state index in [9.17, 15) is 9.59 Å². The summed E-state index contributed by atoms with van der Waals surface area (Å²) in [4.78, 5) is 28.4. The van der Waals surface area contributed by atoms with Gasteiger partial charge in [-0.3, -0.25) is 4.79 Å². The molecule has 1 aliphatic heterocycles. The smallest absolute Gasteiger partial charge is 0.334 e. The van der Waals surface area contributed by atoms with Gasteiger partial charge in [-0.1, -0.05) is 0 Å². The van der Waals surface area contributed by atoms with Crippen LogP contribution >= 0.6 is 11.3 Å². The van der Waals surface area contributed by atoms with E-state index in [2.05, 4.69) is 4.98 Å². The Bertz CT molecular complexity index is 445. The van der Waals surface area contributed by atoms with Crippen LogP contribution in [0.3, 0.4) is 0 Å². The third-order valence-electron chi connectivity index (χ3n) is 2.47. The summed E-state index contributed by atoms with van der Waals surface area (Å²) < 4.78 is 5.05. The minimum Gasteiger partial charge on any atom is -0.479 e. The van der Waals surface area contributed by atoms with Gasteiger partial charge in [-0.05, 0) is 6.92 Å². The summed E-state index contributed by atoms with van der Waals surface area (Å²) in [5.41, 5.74) is 0.374. The van der Waals surface area contributed by atoms with E-state index in [-0.39, 0.29) is 19.1 Å². The highest BCUT2D eigenvalue weighted by Gasteiger charge is 2.30. The molecule has 1 fully saturated rings. The van der Waals surface area contributed by atoms with Crippen molar-refractivity contribution in [2.45, 2.75) is 13.0 Å². The Morgan fingerprint density at radius 3 is 3.00 bits per heavy atom. The minimum absolute atomic E-state index is 0.0741. The number of aromatic nitrogens is 1. The van der Waals surface area contributed by atoms with E-state index >= 15 is 0 Å². The Hall–Kier alpha value is -1.47. The highest BCUT2D eigenvalue weighted by Crippen LogP contribution is 2.13. The largest absolute Gasteiger partial charge is 0.479 e. The van der Waals surface area contributed by atoms with Gasteiger partial charge in [-0.2, -0.15) is 0 Å². The first-order valence-electron chi connectivity index (χ1n) is 5.13. The van der Waals surface area contributed by atoms with Crippen LogP contribution in [0.25, 0.3) is 0 Å². The van der Waals surface area contributed by atoms with E-state index in [4.69, 9.17) is 9.84 Å². The quantitative estimate of drug-likeness (QED) is 0.827. The number of aryl methyl sites for hydroxylation is 1. The molecule has 0 bridgehead atoms. The fourth-order valence-corrected chi connectivity index (χ4v) is 2.19. The Labute approximate surface area is 102 Å². The first-order chi connectivity index (χ1) is 8.08. The molecule has 0 saturated carbocycles. The van der Waals surface area contributed by atoms with Crippen molar-refractivity contribution >= 4 is 23.2 Å². The third kappa shape index (κ3) is 2.62. The minimum atomic E-state index is -1.04. The van der Waals surface area contributed by atoms with Crippen LogP contribution in [0, 0.1) is 6.92 Å². The molecule has 1 aliphatic rings. The van der Waals surface area contributed by atoms with Crippen molar-refractivity contribution < 1.29 is 19.4 Å². The highest BCUT2D eigenvalue weighted by atomic mass is 32.1. The Morgan fingerprint density at radius 2 is 2.41 bits per heavy atom. The second-order valence-corrected chi connectivity index (χ2v) is 4.76. The number of carbonyl (C=O) groups is 2. The van der Waals surface area contributed by atoms with Crippen LogP contribution in [0.15, 0.2) is 5.38 Å². The maximum atomic E-state index is 12.0. The molecule has 1 N–H and O–H groups in total. The number of nitrogens with zero attached hydrogens (tertiary/aromatic N) is 2. The normalized spacial score (nSPS) is 20.3. The van der Waals surface area contributed by atoms with E-state index in [1.165, 1.54) is 16.2 Å². The van der Waals surface area contributed by atoms with Crippen molar-refractivity contribution in [2.24, 2.45) is 0 Å². The molecule has 1 atom stereocenters. The molecule has 1 unspecified atom stereocenters. The lowest BCUT2D eigenvalue weighted by molar-refractivity contribution is -0.154. The molecule has 2 rings (SSSR count). The van der Waals surface area contributed by atoms with Crippen molar-refractivity contribution in [1.82, 2.24) is 9.88 Å². The van der Waals surface area contributed by atoms with Crippen molar-refractivity contribution in [3.05, 3.63) is 16.1 Å². The van der Waals surface area contributed by atoms with E-state index in [0.717, 1.165) is 5.01 Å². The van der Waals surface area contributed by atoms with Crippen molar-refractivity contribution in [3.63, 3.8) is 0 Å². The van der Waals surface area contributed by atoms with Crippen LogP contribution in [-0.4, -0.2) is 52.7 Å². The van der Waals surface area contributed by atoms with Crippen LogP contribution in [0.1, 0.15) is 15.5 Å². The SMILES string of the molecule is Cc1nc(C(=O)N2CCOC(C(=O)O)C2)cs1. The number of hydrogen-bond acceptors (Lipinski definition) is 5. The monoisotopic (exact) mass is 256 g/mol. The topological polar surface area (TPSA) is 79.7 Å². The van der Waals surface area contributed by atoms with Gasteiger partial charge in [-0.15, -0.1) is 11.3 Å². The Morgan fingerprint density at radius 1 is 1.65 bits per heavy atom. The van der Waals surface area contributed by atoms with Gasteiger partial charge in [0.1, 0.15) is 5.69 Å². The summed E-state index contributed by atoms with van der Waals surface area (Å²) in [6, 6.07) is 0. The second kappa shape index (κ2) is 4.80. The summed E-state index contributed by atoms with van der Waals surface area (Å²) in [6.45, 7) is 2.54. The zero-order valence-corrected chi connectivity index (χ0v) is 10.1. The molecule has 0 aliphatic carbocycles. The van der Waals surface area contributed by atoms with E-state index in [1.54, 1.807) is 5.38 Å². The molecule has 1 aromatic rings. The van der Waals surface area contributed by atoms with Crippen LogP contribution in [-0.2, 0) is 9.53 Å². The van der Waals surface area contributed by atoms with Gasteiger partial charge in [0.15, 0.2) is 6.10 Å². The molecule has 2 heterocycles. The predicted molar refractivity (Wildman–Crippen MR) is 60.1 cm³/mol. The van der Waals surface area contributed by atoms with Crippen LogP contribution < -0.4 is 0 Å². The predicted octanol–water partition coefficient (Wildman–Crippen LogP) is 0.377. The fraction of sp³-hybridized carbons (Fsp3) is 0.500. The number of carbonyl (C=O) groups excluding carboxylic acids is 1. The maximum Gasteiger partial charge on any atom is 0.334 e. The Balaban J connectivity index is 2.07. The van der Waals surface area contributed by atoms with Crippen LogP contribution in [0.5, 0.6) is 0 Å². The van der Waals surface area contributed by atoms with Crippen LogP contribution in [0.2, 0.25) is 0 Å². The van der Waals surface area contributed by atoms with Crippen molar-refractivity contribution in [3.8, 4) is 0 Å². The Kier molecular flexibility index (Phi) is 3.39. The van der Waals surface area contributed by atoms with Gasteiger partial charge in [0.05, 0.1) is 18.2 Å². The number of rotatable bonds is 2. The highest BCUT2D eigenvalue weighted by molar-refractivity contribution is 7.09. The van der Waals surface area contributed by atoms with Gasteiger partial charge >= 0.3 is 5.97 Å². The number of aliphatic carboxylic acids is 1. The molecular weight excluding hydrogens is 244 g/mol. The molecule has 17 heavy (non-hydrogen) atoms. The molecule has 92 valence electrons. The van der Waals surface area contributed by atoms with Crippen molar-refractivity contribution in [1.29, 1.82) is 0 Å². The summed E-state index contributed by atoms with van der Waals surface area (Å²) in [7, 11) is 0. The zero-order chi connectivity index (χ0) is 12.4. The number of morpholine rings is 1. The van der Waals surface area contributed by atoms with E-state index < -0.39 is 12.1 Å². The molecule has 0 aromatic carbocycles. The number of hydrogen-bond donors (Lipinski definition) is 1. The molecule has 1 amide bonds. The second-order valence-electron chi connectivity index (χ2n) is 3.70. The lowest BCUT2D eigenvalue weighted by Gasteiger charge is -2.30. The molecule has 1 aromatic heterocycles. The van der Waals surface area contributed by atoms with E-state index in [0.29, 0.717) is 12.2 Å². The summed E-state index contributed by atoms with van der Waals surface area (Å²) in [5.74, 6) is -1.28. The number of amides is 1. The fourth-order valence-electron chi connectivity index (χ4n) is 1.61. The lowest BCUT2D eigenvalue weighted by Crippen LogP contribution is -2.48. The lowest BCUT2D eigenvalue weighted by atomic mass is 10.2. The first-order valence-corrected chi connectivity index (χ1v) is 6.01. The number of carboxylic acids is 1. The standard InChI is InChI=1S/C10H12N2O4S/c1-6-11-7(5-17-6)9(13)12-2-3-16-8(4-12)10(14)15/h5,8H,2-4H2,1H3,(H,14,15). The first kappa shape index (κ1) is 12.0. The average molecular weight is 256 g/mol. The van der Waals surface area contributed by atoms with Gasteiger partial charge < -0.3 is 14.7 Å². The molecule has 0 spiro atoms. The average Bonchev–Trinajstić information content (AvgIpc) is 2.75. The molecule has 7 heteroatoms. The number of carboxylic acid groups (broad SMARTS) is 1. The third-order valence-corrected chi connectivity index (χ3v) is 3.24. The number of ether oxygens (including phenoxy) is 1. The van der Waals surface area contributed by atoms with Gasteiger partial charge in [0, 0.05) is 11.9 Å². The summed E-state index contributed by atoms with van der Waals surface area (Å²) in [5, 5.41) is 11.3. The zero-order valence-electron chi connectivity index (χ0n) is 9.25. The summed E-state index contributed by atoms with van der Waals surface area (Å²) >= 11 is 1.40. The van der Waals surface area contributed by atoms with Crippen LogP contribution in [0.4, 0.5) is 0 Å². The van der Waals surface area contributed by atoms with Gasteiger partial charge in [0.25, 0.3) is 5.91 Å². The van der Waals surface area contributed by atoms with Gasteiger partial charge in [-0.25, -0.2) is 9.78 Å². The van der Waals surface area contributed by atoms with E-state index in [1.807, 2.05) is 6.92 Å².